The van der Waals surface area contributed by atoms with Crippen LogP contribution in [0.4, 0.5) is 0 Å². The Hall–Kier alpha value is -5.20. The lowest BCUT2D eigenvalue weighted by Gasteiger charge is -2.31. The Kier molecular flexibility index (Phi) is 16.8. The van der Waals surface area contributed by atoms with Crippen molar-refractivity contribution in [3.8, 4) is 0 Å². The van der Waals surface area contributed by atoms with Gasteiger partial charge in [-0.25, -0.2) is 0 Å². The first-order valence-electron chi connectivity index (χ1n) is 26.9. The molecule has 0 N–H and O–H groups in total. The minimum absolute atomic E-state index is 0.170. The predicted octanol–water partition coefficient (Wildman–Crippen LogP) is 21.7. The highest BCUT2D eigenvalue weighted by Crippen LogP contribution is 2.40. The van der Waals surface area contributed by atoms with Crippen molar-refractivity contribution < 1.29 is 0 Å². The summed E-state index contributed by atoms with van der Waals surface area (Å²) in [5, 5.41) is 10.8. The van der Waals surface area contributed by atoms with E-state index in [4.69, 9.17) is 0 Å². The zero-order valence-corrected chi connectivity index (χ0v) is 49.9. The van der Waals surface area contributed by atoms with Crippen molar-refractivity contribution in [2.75, 3.05) is 0 Å². The molecule has 0 fully saturated rings. The van der Waals surface area contributed by atoms with Crippen molar-refractivity contribution in [1.29, 1.82) is 0 Å². The molecule has 0 nitrogen and oxygen atoms in total. The minimum Gasteiger partial charge on any atom is -0.0616 e. The van der Waals surface area contributed by atoms with Crippen LogP contribution in [0, 0.1) is 0 Å². The molecular weight excluding hydrogens is 865 g/mol. The molecule has 384 valence electrons. The van der Waals surface area contributed by atoms with Gasteiger partial charge in [0, 0.05) is 0 Å². The van der Waals surface area contributed by atoms with E-state index in [1.54, 1.807) is 0 Å². The van der Waals surface area contributed by atoms with Gasteiger partial charge in [-0.2, -0.15) is 0 Å². The van der Waals surface area contributed by atoms with Gasteiger partial charge < -0.3 is 0 Å². The summed E-state index contributed by atoms with van der Waals surface area (Å²) in [6, 6.07) is 54.0. The molecule has 0 aromatic heterocycles. The maximum absolute atomic E-state index is 2.37. The molecule has 0 heterocycles. The third kappa shape index (κ3) is 14.7. The van der Waals surface area contributed by atoms with Crippen molar-refractivity contribution in [2.24, 2.45) is 0 Å². The first kappa shape index (κ1) is 57.7. The summed E-state index contributed by atoms with van der Waals surface area (Å²) in [4.78, 5) is 0. The normalized spacial score (nSPS) is 13.0. The van der Waals surface area contributed by atoms with E-state index in [0.29, 0.717) is 0 Å². The summed E-state index contributed by atoms with van der Waals surface area (Å²) in [6.07, 6.45) is 0. The van der Waals surface area contributed by atoms with Crippen LogP contribution in [0.25, 0.3) is 43.1 Å². The molecule has 0 atom stereocenters. The Bertz CT molecular complexity index is 2930. The molecule has 0 aliphatic rings. The molecule has 72 heavy (non-hydrogen) atoms. The van der Waals surface area contributed by atoms with E-state index >= 15 is 0 Å². The van der Waals surface area contributed by atoms with E-state index in [2.05, 4.69) is 312 Å². The number of fused-ring (bicyclic) bond motifs is 4. The van der Waals surface area contributed by atoms with Gasteiger partial charge in [0.15, 0.2) is 0 Å². The summed E-state index contributed by atoms with van der Waals surface area (Å²) in [6.45, 7) is 54.8. The van der Waals surface area contributed by atoms with E-state index in [9.17, 15) is 0 Å². The van der Waals surface area contributed by atoms with Gasteiger partial charge in [0.1, 0.15) is 0 Å². The Balaban J connectivity index is 0.000000178. The SMILES string of the molecule is CC(C)(C)c1cc2ccccc2cc1C(C)(C)C.CC(C)(C)c1ccc2cc(C(C)(C)C)ccc2c1.CC(C)(C)c1ccc2ccc(C(C)(C)C)cc2c1.CC(C)(C)c1ccc2ccccc2c1C(C)(C)C. The van der Waals surface area contributed by atoms with Crippen LogP contribution in [0.15, 0.2) is 146 Å². The van der Waals surface area contributed by atoms with Gasteiger partial charge in [-0.3, -0.25) is 0 Å². The molecule has 0 saturated carbocycles. The quantitative estimate of drug-likeness (QED) is 0.142. The molecule has 0 aliphatic carbocycles. The smallest absolute Gasteiger partial charge is 0.0123 e. The lowest BCUT2D eigenvalue weighted by atomic mass is 9.73. The Morgan fingerprint density at radius 2 is 0.472 bits per heavy atom. The second kappa shape index (κ2) is 21.0. The van der Waals surface area contributed by atoms with Crippen LogP contribution in [0.1, 0.15) is 211 Å². The average Bonchev–Trinajstić information content (AvgIpc) is 3.25. The fourth-order valence-corrected chi connectivity index (χ4v) is 9.54. The highest BCUT2D eigenvalue weighted by Gasteiger charge is 2.28. The molecule has 8 aromatic rings. The Labute approximate surface area is 440 Å². The van der Waals surface area contributed by atoms with E-state index in [1.165, 1.54) is 87.6 Å². The average molecular weight is 962 g/mol. The Morgan fingerprint density at radius 3 is 0.792 bits per heavy atom. The number of benzene rings is 8. The van der Waals surface area contributed by atoms with Gasteiger partial charge in [0.2, 0.25) is 0 Å². The number of rotatable bonds is 0. The molecule has 0 unspecified atom stereocenters. The van der Waals surface area contributed by atoms with Gasteiger partial charge in [-0.1, -0.05) is 312 Å². The zero-order chi connectivity index (χ0) is 54.2. The minimum atomic E-state index is 0.170. The summed E-state index contributed by atoms with van der Waals surface area (Å²) < 4.78 is 0. The molecule has 0 heteroatoms. The van der Waals surface area contributed by atoms with E-state index in [1.807, 2.05) is 0 Å². The Morgan fingerprint density at radius 1 is 0.194 bits per heavy atom. The third-order valence-corrected chi connectivity index (χ3v) is 14.1. The third-order valence-electron chi connectivity index (χ3n) is 14.1. The fourth-order valence-electron chi connectivity index (χ4n) is 9.54. The van der Waals surface area contributed by atoms with Crippen LogP contribution in [-0.2, 0) is 43.3 Å². The first-order valence-corrected chi connectivity index (χ1v) is 26.9. The van der Waals surface area contributed by atoms with Crippen LogP contribution >= 0.6 is 0 Å². The summed E-state index contributed by atoms with van der Waals surface area (Å²) in [7, 11) is 0. The van der Waals surface area contributed by atoms with Crippen LogP contribution in [0.3, 0.4) is 0 Å². The monoisotopic (exact) mass is 961 g/mol. The molecule has 8 rings (SSSR count). The molecule has 0 spiro atoms. The summed E-state index contributed by atoms with van der Waals surface area (Å²) in [5.41, 5.74) is 13.1. The molecule has 0 aliphatic heterocycles. The van der Waals surface area contributed by atoms with E-state index in [0.717, 1.165) is 0 Å². The van der Waals surface area contributed by atoms with Crippen molar-refractivity contribution in [1.82, 2.24) is 0 Å². The zero-order valence-electron chi connectivity index (χ0n) is 49.9. The van der Waals surface area contributed by atoms with Crippen LogP contribution in [0.5, 0.6) is 0 Å². The topological polar surface area (TPSA) is 0 Å². The van der Waals surface area contributed by atoms with E-state index < -0.39 is 0 Å². The van der Waals surface area contributed by atoms with Crippen molar-refractivity contribution >= 4 is 43.1 Å². The standard InChI is InChI=1S/4C18H24/c1-17(2,3)15-9-7-14-12-16(18(4,5)6)10-8-13(14)11-15;1-17(2,3)15-9-7-13-8-10-16(18(4,5)6)12-14(13)11-15;1-17(2,3)15-11-13-9-7-8-10-14(13)12-16(15)18(4,5)6;1-17(2,3)15-12-11-13-9-7-8-10-14(13)16(15)18(4,5)6/h4*7-12H,1-6H3. The van der Waals surface area contributed by atoms with Crippen LogP contribution in [-0.4, -0.2) is 0 Å². The summed E-state index contributed by atoms with van der Waals surface area (Å²) >= 11 is 0. The molecule has 8 aromatic carbocycles. The second-order valence-electron chi connectivity index (χ2n) is 29.0. The van der Waals surface area contributed by atoms with E-state index in [-0.39, 0.29) is 43.3 Å². The first-order chi connectivity index (χ1) is 32.8. The molecule has 0 saturated heterocycles. The maximum Gasteiger partial charge on any atom is -0.0123 e. The molecule has 0 amide bonds. The van der Waals surface area contributed by atoms with Gasteiger partial charge in [-0.05, 0) is 131 Å². The molecule has 0 radical (unpaired) electrons. The van der Waals surface area contributed by atoms with Crippen molar-refractivity contribution in [3.63, 3.8) is 0 Å². The highest BCUT2D eigenvalue weighted by molar-refractivity contribution is 5.89. The van der Waals surface area contributed by atoms with Crippen molar-refractivity contribution in [3.05, 3.63) is 190 Å². The van der Waals surface area contributed by atoms with Gasteiger partial charge in [-0.15, -0.1) is 0 Å². The lowest BCUT2D eigenvalue weighted by Crippen LogP contribution is -2.22. The number of hydrogen-bond acceptors (Lipinski definition) is 0. The fraction of sp³-hybridized carbons (Fsp3) is 0.444. The lowest BCUT2D eigenvalue weighted by molar-refractivity contribution is 0.531. The molecular formula is C72H96. The largest absolute Gasteiger partial charge is 0.0616 e. The van der Waals surface area contributed by atoms with Crippen molar-refractivity contribution in [2.45, 2.75) is 209 Å². The number of hydrogen-bond donors (Lipinski definition) is 0. The summed E-state index contributed by atoms with van der Waals surface area (Å²) in [5.74, 6) is 0. The van der Waals surface area contributed by atoms with Gasteiger partial charge in [0.05, 0.1) is 0 Å². The van der Waals surface area contributed by atoms with Crippen LogP contribution in [0.2, 0.25) is 0 Å². The second-order valence-corrected chi connectivity index (χ2v) is 29.0. The van der Waals surface area contributed by atoms with Crippen LogP contribution < -0.4 is 0 Å². The van der Waals surface area contributed by atoms with Gasteiger partial charge >= 0.3 is 0 Å². The molecule has 0 bridgehead atoms. The highest BCUT2D eigenvalue weighted by atomic mass is 14.3. The predicted molar refractivity (Wildman–Crippen MR) is 325 cm³/mol. The maximum atomic E-state index is 2.37. The van der Waals surface area contributed by atoms with Gasteiger partial charge in [0.25, 0.3) is 0 Å².